The highest BCUT2D eigenvalue weighted by Crippen LogP contribution is 2.45. The average Bonchev–Trinajstić information content (AvgIpc) is 3.47. The first-order chi connectivity index (χ1) is 17.7. The molecule has 0 spiro atoms. The van der Waals surface area contributed by atoms with Crippen LogP contribution in [0.5, 0.6) is 0 Å². The normalized spacial score (nSPS) is 15.6. The molecule has 0 saturated carbocycles. The van der Waals surface area contributed by atoms with Gasteiger partial charge in [-0.3, -0.25) is 4.79 Å². The lowest BCUT2D eigenvalue weighted by atomic mass is 9.72. The van der Waals surface area contributed by atoms with E-state index in [4.69, 9.17) is 32.6 Å². The number of carbonyl (C=O) groups excluding carboxylic acids is 1. The third kappa shape index (κ3) is 5.85. The number of benzene rings is 2. The highest BCUT2D eigenvalue weighted by atomic mass is 35.5. The molecule has 1 N–H and O–H groups in total. The molecule has 2 heterocycles. The Labute approximate surface area is 231 Å². The van der Waals surface area contributed by atoms with Gasteiger partial charge < -0.3 is 9.73 Å². The van der Waals surface area contributed by atoms with E-state index >= 15 is 0 Å². The van der Waals surface area contributed by atoms with Crippen molar-refractivity contribution in [1.82, 2.24) is 0 Å². The predicted octanol–water partition coefficient (Wildman–Crippen LogP) is 9.47. The van der Waals surface area contributed by atoms with Crippen LogP contribution in [0.3, 0.4) is 0 Å². The maximum atomic E-state index is 13.5. The molecule has 5 rings (SSSR count). The number of fused-ring (bicyclic) bond motifs is 1. The van der Waals surface area contributed by atoms with E-state index in [1.54, 1.807) is 41.8 Å². The van der Waals surface area contributed by atoms with E-state index in [0.29, 0.717) is 43.7 Å². The molecule has 0 saturated heterocycles. The molecule has 0 fully saturated rings. The van der Waals surface area contributed by atoms with Gasteiger partial charge in [-0.15, -0.1) is 11.3 Å². The molecule has 1 aliphatic carbocycles. The van der Waals surface area contributed by atoms with E-state index < -0.39 is 0 Å². The van der Waals surface area contributed by atoms with Crippen LogP contribution in [0.1, 0.15) is 53.8 Å². The van der Waals surface area contributed by atoms with Crippen LogP contribution in [-0.4, -0.2) is 12.1 Å². The summed E-state index contributed by atoms with van der Waals surface area (Å²) in [6.45, 7) is 6.87. The van der Waals surface area contributed by atoms with Crippen molar-refractivity contribution in [3.63, 3.8) is 0 Å². The van der Waals surface area contributed by atoms with Crippen molar-refractivity contribution in [2.75, 3.05) is 5.32 Å². The zero-order valence-electron chi connectivity index (χ0n) is 21.0. The van der Waals surface area contributed by atoms with E-state index in [1.807, 2.05) is 36.4 Å². The minimum absolute atomic E-state index is 0.153. The lowest BCUT2D eigenvalue weighted by Gasteiger charge is -2.33. The Morgan fingerprint density at radius 1 is 1.08 bits per heavy atom. The first-order valence-electron chi connectivity index (χ1n) is 12.3. The number of hydrogen-bond acceptors (Lipinski definition) is 4. The molecular formula is C30H28Cl2N2O2S. The van der Waals surface area contributed by atoms with Crippen LogP contribution in [0.15, 0.2) is 70.1 Å². The second-order valence-electron chi connectivity index (χ2n) is 10.4. The lowest BCUT2D eigenvalue weighted by Crippen LogP contribution is -2.27. The fourth-order valence-corrected chi connectivity index (χ4v) is 6.29. The van der Waals surface area contributed by atoms with Gasteiger partial charge in [0.25, 0.3) is 5.91 Å². The maximum Gasteiger partial charge on any atom is 0.259 e. The predicted molar refractivity (Wildman–Crippen MR) is 155 cm³/mol. The fourth-order valence-electron chi connectivity index (χ4n) is 4.70. The monoisotopic (exact) mass is 550 g/mol. The molecule has 4 aromatic rings. The Bertz CT molecular complexity index is 1460. The quantitative estimate of drug-likeness (QED) is 0.251. The molecular weight excluding hydrogens is 523 g/mol. The molecule has 0 aliphatic heterocycles. The third-order valence-corrected chi connectivity index (χ3v) is 8.49. The standard InChI is InChI=1S/C30H28Cl2N2O2S/c1-30(2,3)19-7-13-24-26(16-19)37-29(27(24)28(35)34-22-10-8-20(31)9-11-22)33-17-23-12-14-25(36-23)18-5-4-6-21(32)15-18/h4-6,8-12,14-15,17,19H,7,13,16H2,1-3H3,(H,34,35)/t19-/m1/s1. The van der Waals surface area contributed by atoms with Crippen molar-refractivity contribution >= 4 is 57.3 Å². The number of carbonyl (C=O) groups is 1. The van der Waals surface area contributed by atoms with Crippen molar-refractivity contribution in [3.05, 3.63) is 92.5 Å². The van der Waals surface area contributed by atoms with Crippen LogP contribution in [0, 0.1) is 11.3 Å². The summed E-state index contributed by atoms with van der Waals surface area (Å²) in [4.78, 5) is 19.5. The van der Waals surface area contributed by atoms with Crippen LogP contribution >= 0.6 is 34.5 Å². The molecule has 1 atom stereocenters. The van der Waals surface area contributed by atoms with Gasteiger partial charge in [-0.1, -0.05) is 56.1 Å². The number of hydrogen-bond donors (Lipinski definition) is 1. The van der Waals surface area contributed by atoms with Gasteiger partial charge in [0, 0.05) is 26.2 Å². The van der Waals surface area contributed by atoms with Crippen molar-refractivity contribution in [3.8, 4) is 11.3 Å². The number of furan rings is 1. The van der Waals surface area contributed by atoms with Crippen LogP contribution < -0.4 is 5.32 Å². The Morgan fingerprint density at radius 3 is 2.59 bits per heavy atom. The molecule has 0 radical (unpaired) electrons. The van der Waals surface area contributed by atoms with E-state index in [1.165, 1.54) is 4.88 Å². The van der Waals surface area contributed by atoms with Crippen LogP contribution in [0.25, 0.3) is 11.3 Å². The number of nitrogens with one attached hydrogen (secondary N) is 1. The van der Waals surface area contributed by atoms with Crippen molar-refractivity contribution in [2.24, 2.45) is 16.3 Å². The first-order valence-corrected chi connectivity index (χ1v) is 13.9. The van der Waals surface area contributed by atoms with Gasteiger partial charge in [-0.25, -0.2) is 4.99 Å². The zero-order chi connectivity index (χ0) is 26.2. The summed E-state index contributed by atoms with van der Waals surface area (Å²) >= 11 is 13.8. The number of anilines is 1. The van der Waals surface area contributed by atoms with Gasteiger partial charge in [-0.2, -0.15) is 0 Å². The van der Waals surface area contributed by atoms with Crippen LogP contribution in [0.2, 0.25) is 10.0 Å². The van der Waals surface area contributed by atoms with E-state index in [0.717, 1.165) is 30.4 Å². The van der Waals surface area contributed by atoms with Gasteiger partial charge in [0.05, 0.1) is 11.8 Å². The molecule has 190 valence electrons. The lowest BCUT2D eigenvalue weighted by molar-refractivity contribution is 0.102. The molecule has 2 aromatic heterocycles. The number of nitrogens with zero attached hydrogens (tertiary/aromatic N) is 1. The highest BCUT2D eigenvalue weighted by Gasteiger charge is 2.33. The summed E-state index contributed by atoms with van der Waals surface area (Å²) in [5.41, 5.74) is 3.57. The van der Waals surface area contributed by atoms with Gasteiger partial charge in [0.2, 0.25) is 0 Å². The minimum atomic E-state index is -0.153. The summed E-state index contributed by atoms with van der Waals surface area (Å²) in [7, 11) is 0. The minimum Gasteiger partial charge on any atom is -0.455 e. The third-order valence-electron chi connectivity index (χ3n) is 6.85. The second kappa shape index (κ2) is 10.5. The van der Waals surface area contributed by atoms with E-state index in [-0.39, 0.29) is 11.3 Å². The summed E-state index contributed by atoms with van der Waals surface area (Å²) in [6, 6.07) is 18.4. The molecule has 1 aliphatic rings. The molecule has 0 unspecified atom stereocenters. The smallest absolute Gasteiger partial charge is 0.259 e. The number of aliphatic imine (C=N–C) groups is 1. The topological polar surface area (TPSA) is 54.6 Å². The SMILES string of the molecule is CC(C)(C)[C@@H]1CCc2c(sc(N=Cc3ccc(-c4cccc(Cl)c4)o3)c2C(=O)Nc2ccc(Cl)cc2)C1. The Balaban J connectivity index is 1.46. The fraction of sp³-hybridized carbons (Fsp3) is 0.267. The Kier molecular flexibility index (Phi) is 7.30. The Hall–Kier alpha value is -2.86. The summed E-state index contributed by atoms with van der Waals surface area (Å²) in [5, 5.41) is 5.01. The van der Waals surface area contributed by atoms with Crippen molar-refractivity contribution in [1.29, 1.82) is 0 Å². The number of rotatable bonds is 5. The highest BCUT2D eigenvalue weighted by molar-refractivity contribution is 7.16. The molecule has 2 aromatic carbocycles. The van der Waals surface area contributed by atoms with Crippen LogP contribution in [0.4, 0.5) is 10.7 Å². The summed E-state index contributed by atoms with van der Waals surface area (Å²) in [6.07, 6.45) is 4.57. The van der Waals surface area contributed by atoms with Crippen LogP contribution in [-0.2, 0) is 12.8 Å². The first kappa shape index (κ1) is 25.8. The van der Waals surface area contributed by atoms with Gasteiger partial charge in [0.1, 0.15) is 16.5 Å². The van der Waals surface area contributed by atoms with Crippen molar-refractivity contribution in [2.45, 2.75) is 40.0 Å². The number of halogens is 2. The Morgan fingerprint density at radius 2 is 1.86 bits per heavy atom. The average molecular weight is 552 g/mol. The summed E-state index contributed by atoms with van der Waals surface area (Å²) < 4.78 is 6.00. The number of thiophene rings is 1. The molecule has 7 heteroatoms. The van der Waals surface area contributed by atoms with E-state index in [9.17, 15) is 4.79 Å². The molecule has 0 bridgehead atoms. The van der Waals surface area contributed by atoms with Crippen molar-refractivity contribution < 1.29 is 9.21 Å². The van der Waals surface area contributed by atoms with Gasteiger partial charge in [0.15, 0.2) is 0 Å². The molecule has 37 heavy (non-hydrogen) atoms. The molecule has 4 nitrogen and oxygen atoms in total. The maximum absolute atomic E-state index is 13.5. The molecule has 1 amide bonds. The van der Waals surface area contributed by atoms with E-state index in [2.05, 4.69) is 26.1 Å². The largest absolute Gasteiger partial charge is 0.455 e. The summed E-state index contributed by atoms with van der Waals surface area (Å²) in [5.74, 6) is 1.73. The number of amides is 1. The second-order valence-corrected chi connectivity index (χ2v) is 12.4. The zero-order valence-corrected chi connectivity index (χ0v) is 23.3. The van der Waals surface area contributed by atoms with Gasteiger partial charge in [-0.05, 0) is 84.7 Å². The van der Waals surface area contributed by atoms with Gasteiger partial charge >= 0.3 is 0 Å².